The lowest BCUT2D eigenvalue weighted by Gasteiger charge is -2.38. The second-order valence-electron chi connectivity index (χ2n) is 12.1. The predicted molar refractivity (Wildman–Crippen MR) is 137 cm³/mol. The van der Waals surface area contributed by atoms with E-state index in [1.807, 2.05) is 23.7 Å². The van der Waals surface area contributed by atoms with Crippen molar-refractivity contribution in [3.63, 3.8) is 0 Å². The van der Waals surface area contributed by atoms with Crippen molar-refractivity contribution in [1.29, 1.82) is 0 Å². The summed E-state index contributed by atoms with van der Waals surface area (Å²) in [6, 6.07) is 4.26. The van der Waals surface area contributed by atoms with Gasteiger partial charge >= 0.3 is 0 Å². The Morgan fingerprint density at radius 1 is 1.06 bits per heavy atom. The molecule has 1 saturated carbocycles. The molecule has 8 heteroatoms. The quantitative estimate of drug-likeness (QED) is 0.439. The molecule has 7 nitrogen and oxygen atoms in total. The summed E-state index contributed by atoms with van der Waals surface area (Å²) < 4.78 is 10.7. The Bertz CT molecular complexity index is 1130. The zero-order chi connectivity index (χ0) is 24.2. The van der Waals surface area contributed by atoms with Crippen molar-refractivity contribution >= 4 is 25.5 Å². The normalized spacial score (nSPS) is 20.0. The average molecular weight is 469 g/mol. The van der Waals surface area contributed by atoms with Gasteiger partial charge in [-0.1, -0.05) is 20.8 Å². The molecular formula is C25H40N6OSi. The molecule has 1 fully saturated rings. The highest BCUT2D eigenvalue weighted by molar-refractivity contribution is 6.74. The molecule has 0 aromatic carbocycles. The number of anilines is 2. The van der Waals surface area contributed by atoms with Gasteiger partial charge in [0.15, 0.2) is 14.1 Å². The van der Waals surface area contributed by atoms with Crippen molar-refractivity contribution in [3.8, 4) is 0 Å². The number of hydrogen-bond donors (Lipinski definition) is 1. The zero-order valence-electron chi connectivity index (χ0n) is 21.7. The fourth-order valence-electron chi connectivity index (χ4n) is 4.37. The molecule has 0 amide bonds. The third-order valence-corrected chi connectivity index (χ3v) is 11.7. The first-order chi connectivity index (χ1) is 15.2. The largest absolute Gasteiger partial charge is 0.414 e. The number of nitrogens with one attached hydrogen (secondary N) is 1. The van der Waals surface area contributed by atoms with Crippen molar-refractivity contribution < 1.29 is 4.43 Å². The van der Waals surface area contributed by atoms with E-state index in [1.165, 1.54) is 0 Å². The Hall–Kier alpha value is -2.19. The predicted octanol–water partition coefficient (Wildman–Crippen LogP) is 6.39. The van der Waals surface area contributed by atoms with Crippen molar-refractivity contribution in [2.75, 3.05) is 5.32 Å². The molecule has 3 aromatic heterocycles. The lowest BCUT2D eigenvalue weighted by atomic mass is 10.0. The summed E-state index contributed by atoms with van der Waals surface area (Å²) in [7, 11) is -1.77. The highest BCUT2D eigenvalue weighted by atomic mass is 28.4. The van der Waals surface area contributed by atoms with Gasteiger partial charge in [-0.25, -0.2) is 14.2 Å². The van der Waals surface area contributed by atoms with Crippen LogP contribution in [-0.2, 0) is 9.96 Å². The van der Waals surface area contributed by atoms with Crippen LogP contribution >= 0.6 is 0 Å². The summed E-state index contributed by atoms with van der Waals surface area (Å²) in [5.41, 5.74) is 2.92. The maximum absolute atomic E-state index is 6.73. The molecule has 33 heavy (non-hydrogen) atoms. The molecule has 180 valence electrons. The molecule has 0 unspecified atom stereocenters. The summed E-state index contributed by atoms with van der Waals surface area (Å²) in [6.45, 7) is 20.2. The third-order valence-electron chi connectivity index (χ3n) is 7.19. The number of hydrogen-bond acceptors (Lipinski definition) is 5. The van der Waals surface area contributed by atoms with E-state index in [0.717, 1.165) is 47.8 Å². The smallest absolute Gasteiger partial charge is 0.192 e. The maximum Gasteiger partial charge on any atom is 0.192 e. The van der Waals surface area contributed by atoms with E-state index in [9.17, 15) is 0 Å². The lowest BCUT2D eigenvalue weighted by Crippen LogP contribution is -2.43. The molecule has 1 aliphatic carbocycles. The Morgan fingerprint density at radius 3 is 2.45 bits per heavy atom. The summed E-state index contributed by atoms with van der Waals surface area (Å²) in [5, 5.41) is 13.4. The van der Waals surface area contributed by atoms with Gasteiger partial charge in [0.1, 0.15) is 11.3 Å². The molecule has 0 aliphatic heterocycles. The van der Waals surface area contributed by atoms with Gasteiger partial charge in [-0.2, -0.15) is 10.2 Å². The van der Waals surface area contributed by atoms with Gasteiger partial charge in [0.05, 0.1) is 16.9 Å². The van der Waals surface area contributed by atoms with E-state index in [4.69, 9.17) is 9.52 Å². The Morgan fingerprint density at radius 2 is 1.79 bits per heavy atom. The van der Waals surface area contributed by atoms with Gasteiger partial charge in [0.25, 0.3) is 0 Å². The lowest BCUT2D eigenvalue weighted by molar-refractivity contribution is 0.186. The van der Waals surface area contributed by atoms with Crippen molar-refractivity contribution in [2.45, 2.75) is 103 Å². The van der Waals surface area contributed by atoms with Crippen LogP contribution in [0.5, 0.6) is 0 Å². The molecule has 3 aromatic rings. The van der Waals surface area contributed by atoms with Crippen molar-refractivity contribution in [1.82, 2.24) is 24.4 Å². The van der Waals surface area contributed by atoms with E-state index in [-0.39, 0.29) is 10.6 Å². The minimum atomic E-state index is -1.77. The van der Waals surface area contributed by atoms with E-state index < -0.39 is 8.32 Å². The van der Waals surface area contributed by atoms with Crippen LogP contribution in [0.3, 0.4) is 0 Å². The van der Waals surface area contributed by atoms with Crippen LogP contribution in [0.15, 0.2) is 24.5 Å². The summed E-state index contributed by atoms with van der Waals surface area (Å²) in [5.74, 6) is 2.18. The fraction of sp³-hybridized carbons (Fsp3) is 0.640. The monoisotopic (exact) mass is 468 g/mol. The van der Waals surface area contributed by atoms with Crippen molar-refractivity contribution in [3.05, 3.63) is 35.9 Å². The third kappa shape index (κ3) is 4.87. The SMILES string of the molecule is Cc1cc2c(Nc3cc([C@H]4CC[C@@H](O[Si](C)(C)C(C)(C)C)C4)nn3C(C)(C)C)nccn2n1. The van der Waals surface area contributed by atoms with Gasteiger partial charge in [-0.05, 0) is 71.2 Å². The zero-order valence-corrected chi connectivity index (χ0v) is 22.7. The summed E-state index contributed by atoms with van der Waals surface area (Å²) >= 11 is 0. The minimum absolute atomic E-state index is 0.155. The van der Waals surface area contributed by atoms with Gasteiger partial charge in [0, 0.05) is 30.5 Å². The molecule has 0 radical (unpaired) electrons. The van der Waals surface area contributed by atoms with Crippen LogP contribution in [0.4, 0.5) is 11.6 Å². The number of fused-ring (bicyclic) bond motifs is 1. The first-order valence-corrected chi connectivity index (χ1v) is 15.0. The molecule has 0 bridgehead atoms. The van der Waals surface area contributed by atoms with E-state index >= 15 is 0 Å². The standard InChI is InChI=1S/C25H40N6OSi/c1-17-14-21-23(26-12-13-30(21)28-17)27-22-16-20(29-31(22)24(2,3)4)18-10-11-19(15-18)32-33(8,9)25(5,6)7/h12-14,16,18-19H,10-11,15H2,1-9H3,(H,26,27)/t18-,19+/m0/s1. The summed E-state index contributed by atoms with van der Waals surface area (Å²) in [6.07, 6.45) is 7.26. The first-order valence-electron chi connectivity index (χ1n) is 12.1. The van der Waals surface area contributed by atoms with Crippen LogP contribution in [0, 0.1) is 6.92 Å². The second-order valence-corrected chi connectivity index (χ2v) is 16.8. The Labute approximate surface area is 199 Å². The van der Waals surface area contributed by atoms with Crippen LogP contribution < -0.4 is 5.32 Å². The highest BCUT2D eigenvalue weighted by Gasteiger charge is 2.41. The number of nitrogens with zero attached hydrogens (tertiary/aromatic N) is 5. The fourth-order valence-corrected chi connectivity index (χ4v) is 5.77. The average Bonchev–Trinajstić information content (AvgIpc) is 3.37. The van der Waals surface area contributed by atoms with Gasteiger partial charge < -0.3 is 9.74 Å². The molecule has 0 spiro atoms. The first kappa shape index (κ1) is 23.9. The summed E-state index contributed by atoms with van der Waals surface area (Å²) in [4.78, 5) is 4.59. The molecule has 2 atom stereocenters. The van der Waals surface area contributed by atoms with Crippen LogP contribution in [0.2, 0.25) is 18.1 Å². The molecule has 0 saturated heterocycles. The molecule has 1 N–H and O–H groups in total. The molecule has 3 heterocycles. The van der Waals surface area contributed by atoms with Crippen molar-refractivity contribution in [2.24, 2.45) is 0 Å². The number of aromatic nitrogens is 5. The number of aryl methyl sites for hydroxylation is 1. The minimum Gasteiger partial charge on any atom is -0.414 e. The van der Waals surface area contributed by atoms with Gasteiger partial charge in [-0.15, -0.1) is 0 Å². The topological polar surface area (TPSA) is 69.3 Å². The molecular weight excluding hydrogens is 428 g/mol. The van der Waals surface area contributed by atoms with Gasteiger partial charge in [-0.3, -0.25) is 0 Å². The maximum atomic E-state index is 6.73. The Kier molecular flexibility index (Phi) is 5.98. The van der Waals surface area contributed by atoms with Crippen LogP contribution in [0.1, 0.15) is 78.1 Å². The van der Waals surface area contributed by atoms with E-state index in [2.05, 4.69) is 80.8 Å². The van der Waals surface area contributed by atoms with Crippen LogP contribution in [0.25, 0.3) is 5.52 Å². The van der Waals surface area contributed by atoms with E-state index in [0.29, 0.717) is 12.0 Å². The number of rotatable bonds is 5. The molecule has 4 rings (SSSR count). The Balaban J connectivity index is 1.59. The van der Waals surface area contributed by atoms with E-state index in [1.54, 1.807) is 6.20 Å². The second kappa shape index (κ2) is 8.23. The highest BCUT2D eigenvalue weighted by Crippen LogP contribution is 2.43. The van der Waals surface area contributed by atoms with Gasteiger partial charge in [0.2, 0.25) is 0 Å². The molecule has 1 aliphatic rings. The van der Waals surface area contributed by atoms with Crippen LogP contribution in [-0.4, -0.2) is 38.8 Å².